The van der Waals surface area contributed by atoms with Gasteiger partial charge in [0.15, 0.2) is 6.10 Å². The molecule has 1 unspecified atom stereocenters. The molecule has 5 heteroatoms. The monoisotopic (exact) mass is 269 g/mol. The van der Waals surface area contributed by atoms with Crippen molar-refractivity contribution in [2.24, 2.45) is 0 Å². The van der Waals surface area contributed by atoms with Crippen molar-refractivity contribution in [1.82, 2.24) is 5.32 Å². The van der Waals surface area contributed by atoms with Crippen LogP contribution in [0, 0.1) is 0 Å². The van der Waals surface area contributed by atoms with Gasteiger partial charge in [-0.15, -0.1) is 18.3 Å². The van der Waals surface area contributed by atoms with Crippen LogP contribution < -0.4 is 10.1 Å². The fraction of sp³-hybridized carbons (Fsp3) is 0.250. The van der Waals surface area contributed by atoms with Gasteiger partial charge in [-0.05, 0) is 18.2 Å². The SMILES string of the molecule is C=CCNC(=O)C1CSc2cc(Cl)ccc2O1. The highest BCUT2D eigenvalue weighted by atomic mass is 35.5. The number of fused-ring (bicyclic) bond motifs is 1. The summed E-state index contributed by atoms with van der Waals surface area (Å²) in [6, 6.07) is 5.39. The third-order valence-electron chi connectivity index (χ3n) is 2.28. The van der Waals surface area contributed by atoms with E-state index < -0.39 is 6.10 Å². The summed E-state index contributed by atoms with van der Waals surface area (Å²) in [5.74, 6) is 1.19. The van der Waals surface area contributed by atoms with Crippen molar-refractivity contribution in [3.8, 4) is 5.75 Å². The Hall–Kier alpha value is -1.13. The smallest absolute Gasteiger partial charge is 0.262 e. The molecule has 2 rings (SSSR count). The molecule has 0 radical (unpaired) electrons. The van der Waals surface area contributed by atoms with E-state index >= 15 is 0 Å². The molecule has 0 saturated carbocycles. The van der Waals surface area contributed by atoms with Crippen LogP contribution in [-0.2, 0) is 4.79 Å². The number of carbonyl (C=O) groups is 1. The number of ether oxygens (including phenoxy) is 1. The highest BCUT2D eigenvalue weighted by molar-refractivity contribution is 7.99. The number of halogens is 1. The maximum atomic E-state index is 11.7. The van der Waals surface area contributed by atoms with E-state index in [-0.39, 0.29) is 5.91 Å². The lowest BCUT2D eigenvalue weighted by Crippen LogP contribution is -2.41. The summed E-state index contributed by atoms with van der Waals surface area (Å²) in [7, 11) is 0. The zero-order chi connectivity index (χ0) is 12.3. The van der Waals surface area contributed by atoms with Gasteiger partial charge >= 0.3 is 0 Å². The standard InChI is InChI=1S/C12H12ClNO2S/c1-2-5-14-12(15)10-7-17-11-6-8(13)3-4-9(11)16-10/h2-4,6,10H,1,5,7H2,(H,14,15). The Balaban J connectivity index is 2.05. The first kappa shape index (κ1) is 12.3. The molecule has 1 aromatic rings. The lowest BCUT2D eigenvalue weighted by molar-refractivity contribution is -0.126. The van der Waals surface area contributed by atoms with Gasteiger partial charge in [0.1, 0.15) is 5.75 Å². The molecule has 0 saturated heterocycles. The van der Waals surface area contributed by atoms with Crippen LogP contribution >= 0.6 is 23.4 Å². The molecule has 1 heterocycles. The minimum atomic E-state index is -0.450. The molecule has 90 valence electrons. The molecule has 0 aromatic heterocycles. The number of carbonyl (C=O) groups excluding carboxylic acids is 1. The molecule has 1 amide bonds. The van der Waals surface area contributed by atoms with E-state index in [2.05, 4.69) is 11.9 Å². The fourth-order valence-corrected chi connectivity index (χ4v) is 2.72. The first-order chi connectivity index (χ1) is 8.20. The molecule has 0 bridgehead atoms. The van der Waals surface area contributed by atoms with Gasteiger partial charge in [-0.1, -0.05) is 17.7 Å². The predicted molar refractivity (Wildman–Crippen MR) is 69.8 cm³/mol. The van der Waals surface area contributed by atoms with Gasteiger partial charge in [-0.3, -0.25) is 4.79 Å². The lowest BCUT2D eigenvalue weighted by Gasteiger charge is -2.24. The quantitative estimate of drug-likeness (QED) is 0.857. The minimum Gasteiger partial charge on any atom is -0.479 e. The van der Waals surface area contributed by atoms with Crippen LogP contribution in [0.1, 0.15) is 0 Å². The van der Waals surface area contributed by atoms with Crippen molar-refractivity contribution in [3.63, 3.8) is 0 Å². The van der Waals surface area contributed by atoms with E-state index in [0.29, 0.717) is 23.1 Å². The molecule has 3 nitrogen and oxygen atoms in total. The molecule has 17 heavy (non-hydrogen) atoms. The number of nitrogens with one attached hydrogen (secondary N) is 1. The zero-order valence-electron chi connectivity index (χ0n) is 9.11. The average molecular weight is 270 g/mol. The maximum Gasteiger partial charge on any atom is 0.262 e. The van der Waals surface area contributed by atoms with Gasteiger partial charge in [0.05, 0.1) is 4.90 Å². The predicted octanol–water partition coefficient (Wildman–Crippen LogP) is 2.50. The first-order valence-electron chi connectivity index (χ1n) is 5.18. The second kappa shape index (κ2) is 5.47. The molecule has 1 aliphatic heterocycles. The van der Waals surface area contributed by atoms with E-state index in [1.54, 1.807) is 30.0 Å². The van der Waals surface area contributed by atoms with Crippen LogP contribution in [0.2, 0.25) is 5.02 Å². The number of rotatable bonds is 3. The van der Waals surface area contributed by atoms with E-state index in [0.717, 1.165) is 4.90 Å². The maximum absolute atomic E-state index is 11.7. The van der Waals surface area contributed by atoms with Crippen molar-refractivity contribution >= 4 is 29.3 Å². The number of hydrogen-bond acceptors (Lipinski definition) is 3. The van der Waals surface area contributed by atoms with Gasteiger partial charge in [0.25, 0.3) is 5.91 Å². The third kappa shape index (κ3) is 2.96. The number of thioether (sulfide) groups is 1. The number of amides is 1. The van der Waals surface area contributed by atoms with Crippen molar-refractivity contribution in [2.75, 3.05) is 12.3 Å². The van der Waals surface area contributed by atoms with Crippen LogP contribution in [0.4, 0.5) is 0 Å². The summed E-state index contributed by atoms with van der Waals surface area (Å²) in [6.45, 7) is 4.00. The van der Waals surface area contributed by atoms with Gasteiger partial charge in [-0.25, -0.2) is 0 Å². The van der Waals surface area contributed by atoms with Crippen LogP contribution in [-0.4, -0.2) is 24.3 Å². The topological polar surface area (TPSA) is 38.3 Å². The molecule has 0 fully saturated rings. The van der Waals surface area contributed by atoms with Crippen molar-refractivity contribution in [1.29, 1.82) is 0 Å². The lowest BCUT2D eigenvalue weighted by atomic mass is 10.3. The summed E-state index contributed by atoms with van der Waals surface area (Å²) in [6.07, 6.45) is 1.19. The second-order valence-corrected chi connectivity index (χ2v) is 5.04. The average Bonchev–Trinajstić information content (AvgIpc) is 2.35. The summed E-state index contributed by atoms with van der Waals surface area (Å²) in [4.78, 5) is 12.7. The highest BCUT2D eigenvalue weighted by Gasteiger charge is 2.26. The normalized spacial score (nSPS) is 17.8. The van der Waals surface area contributed by atoms with E-state index in [4.69, 9.17) is 16.3 Å². The third-order valence-corrected chi connectivity index (χ3v) is 3.61. The van der Waals surface area contributed by atoms with E-state index in [1.165, 1.54) is 0 Å². The zero-order valence-corrected chi connectivity index (χ0v) is 10.7. The molecular formula is C12H12ClNO2S. The molecule has 1 N–H and O–H groups in total. The molecule has 1 aliphatic rings. The van der Waals surface area contributed by atoms with E-state index in [9.17, 15) is 4.79 Å². The molecule has 1 atom stereocenters. The van der Waals surface area contributed by atoms with Gasteiger partial charge < -0.3 is 10.1 Å². The summed E-state index contributed by atoms with van der Waals surface area (Å²) >= 11 is 7.46. The van der Waals surface area contributed by atoms with Gasteiger partial charge in [-0.2, -0.15) is 0 Å². The molecular weight excluding hydrogens is 258 g/mol. The summed E-state index contributed by atoms with van der Waals surface area (Å²) in [5, 5.41) is 3.40. The first-order valence-corrected chi connectivity index (χ1v) is 6.54. The van der Waals surface area contributed by atoms with Crippen molar-refractivity contribution < 1.29 is 9.53 Å². The largest absolute Gasteiger partial charge is 0.479 e. The van der Waals surface area contributed by atoms with Crippen LogP contribution in [0.5, 0.6) is 5.75 Å². The van der Waals surface area contributed by atoms with Crippen LogP contribution in [0.15, 0.2) is 35.7 Å². The Labute approximate surface area is 109 Å². The highest BCUT2D eigenvalue weighted by Crippen LogP contribution is 2.37. The van der Waals surface area contributed by atoms with Gasteiger partial charge in [0.2, 0.25) is 0 Å². The van der Waals surface area contributed by atoms with Crippen molar-refractivity contribution in [2.45, 2.75) is 11.0 Å². The molecule has 1 aromatic carbocycles. The van der Waals surface area contributed by atoms with Crippen LogP contribution in [0.25, 0.3) is 0 Å². The molecule has 0 spiro atoms. The minimum absolute atomic E-state index is 0.113. The fourth-order valence-electron chi connectivity index (χ4n) is 1.46. The number of hydrogen-bond donors (Lipinski definition) is 1. The number of benzene rings is 1. The Bertz CT molecular complexity index is 450. The molecule has 0 aliphatic carbocycles. The van der Waals surface area contributed by atoms with E-state index in [1.807, 2.05) is 6.07 Å². The summed E-state index contributed by atoms with van der Waals surface area (Å²) < 4.78 is 5.62. The van der Waals surface area contributed by atoms with Gasteiger partial charge in [0, 0.05) is 17.3 Å². The Morgan fingerprint density at radius 3 is 3.29 bits per heavy atom. The summed E-state index contributed by atoms with van der Waals surface area (Å²) in [5.41, 5.74) is 0. The Kier molecular flexibility index (Phi) is 3.97. The van der Waals surface area contributed by atoms with Crippen molar-refractivity contribution in [3.05, 3.63) is 35.9 Å². The van der Waals surface area contributed by atoms with Crippen LogP contribution in [0.3, 0.4) is 0 Å². The Morgan fingerprint density at radius 2 is 2.53 bits per heavy atom. The Morgan fingerprint density at radius 1 is 1.71 bits per heavy atom. The second-order valence-electron chi connectivity index (χ2n) is 3.54.